The smallest absolute Gasteiger partial charge is 0.255 e. The van der Waals surface area contributed by atoms with E-state index in [2.05, 4.69) is 38.5 Å². The Kier molecular flexibility index (Phi) is 4.66. The molecule has 0 spiro atoms. The van der Waals surface area contributed by atoms with Gasteiger partial charge in [0.1, 0.15) is 0 Å². The summed E-state index contributed by atoms with van der Waals surface area (Å²) in [6, 6.07) is 6.05. The molecule has 0 radical (unpaired) electrons. The fourth-order valence-corrected chi connectivity index (χ4v) is 3.11. The Hall–Kier alpha value is -0.140. The van der Waals surface area contributed by atoms with Gasteiger partial charge >= 0.3 is 0 Å². The number of rotatable bonds is 1. The third kappa shape index (κ3) is 2.88. The van der Waals surface area contributed by atoms with E-state index in [-0.39, 0.29) is 18.0 Å². The Labute approximate surface area is 129 Å². The van der Waals surface area contributed by atoms with E-state index in [4.69, 9.17) is 4.74 Å². The van der Waals surface area contributed by atoms with Gasteiger partial charge in [-0.3, -0.25) is 4.79 Å². The molecule has 1 fully saturated rings. The van der Waals surface area contributed by atoms with E-state index in [1.165, 1.54) is 0 Å². The molecule has 1 saturated heterocycles. The van der Waals surface area contributed by atoms with Crippen LogP contribution < -0.4 is 0 Å². The van der Waals surface area contributed by atoms with Crippen molar-refractivity contribution in [2.24, 2.45) is 0 Å². The van der Waals surface area contributed by atoms with Crippen LogP contribution in [0.25, 0.3) is 0 Å². The molecular formula is C13H15BrINO2. The summed E-state index contributed by atoms with van der Waals surface area (Å²) in [5, 5.41) is 0. The minimum absolute atomic E-state index is 0.0729. The fourth-order valence-electron chi connectivity index (χ4n) is 2.20. The van der Waals surface area contributed by atoms with Crippen LogP contribution in [0.2, 0.25) is 0 Å². The van der Waals surface area contributed by atoms with Crippen molar-refractivity contribution in [2.45, 2.75) is 25.9 Å². The Morgan fingerprint density at radius 1 is 1.39 bits per heavy atom. The number of halogens is 2. The zero-order valence-electron chi connectivity index (χ0n) is 10.3. The van der Waals surface area contributed by atoms with E-state index in [9.17, 15) is 4.79 Å². The maximum atomic E-state index is 12.6. The predicted octanol–water partition coefficient (Wildman–Crippen LogP) is 3.30. The summed E-state index contributed by atoms with van der Waals surface area (Å²) in [4.78, 5) is 14.5. The van der Waals surface area contributed by atoms with Gasteiger partial charge in [-0.25, -0.2) is 0 Å². The first-order valence-electron chi connectivity index (χ1n) is 5.86. The molecule has 3 nitrogen and oxygen atoms in total. The SMILES string of the molecule is C[C@H]1COC[C@H](C)N1C(=O)c1cc(I)ccc1Br. The van der Waals surface area contributed by atoms with E-state index < -0.39 is 0 Å². The third-order valence-corrected chi connectivity index (χ3v) is 4.42. The second-order valence-corrected chi connectivity index (χ2v) is 6.67. The first-order chi connectivity index (χ1) is 8.50. The van der Waals surface area contributed by atoms with Crippen LogP contribution in [0.3, 0.4) is 0 Å². The number of ether oxygens (including phenoxy) is 1. The minimum atomic E-state index is 0.0729. The van der Waals surface area contributed by atoms with Crippen LogP contribution in [0.4, 0.5) is 0 Å². The highest BCUT2D eigenvalue weighted by Crippen LogP contribution is 2.24. The van der Waals surface area contributed by atoms with Crippen LogP contribution in [0, 0.1) is 3.57 Å². The van der Waals surface area contributed by atoms with Gasteiger partial charge in [-0.15, -0.1) is 0 Å². The van der Waals surface area contributed by atoms with Crippen LogP contribution in [0.15, 0.2) is 22.7 Å². The summed E-state index contributed by atoms with van der Waals surface area (Å²) in [6.07, 6.45) is 0. The Morgan fingerprint density at radius 2 is 2.00 bits per heavy atom. The highest BCUT2D eigenvalue weighted by molar-refractivity contribution is 14.1. The lowest BCUT2D eigenvalue weighted by Crippen LogP contribution is -2.52. The molecule has 1 amide bonds. The lowest BCUT2D eigenvalue weighted by molar-refractivity contribution is -0.0250. The number of nitrogens with zero attached hydrogens (tertiary/aromatic N) is 1. The second-order valence-electron chi connectivity index (χ2n) is 4.57. The summed E-state index contributed by atoms with van der Waals surface area (Å²) < 4.78 is 7.37. The molecule has 1 aliphatic heterocycles. The van der Waals surface area contributed by atoms with Crippen LogP contribution in [0.5, 0.6) is 0 Å². The molecule has 1 aromatic rings. The highest BCUT2D eigenvalue weighted by atomic mass is 127. The average Bonchev–Trinajstić information content (AvgIpc) is 2.32. The molecule has 1 aromatic carbocycles. The van der Waals surface area contributed by atoms with Gasteiger partial charge in [0.25, 0.3) is 5.91 Å². The first kappa shape index (κ1) is 14.3. The van der Waals surface area contributed by atoms with Gasteiger partial charge in [-0.1, -0.05) is 0 Å². The Morgan fingerprint density at radius 3 is 2.61 bits per heavy atom. The zero-order chi connectivity index (χ0) is 13.3. The van der Waals surface area contributed by atoms with E-state index in [0.717, 1.165) is 13.6 Å². The maximum absolute atomic E-state index is 12.6. The molecule has 0 bridgehead atoms. The van der Waals surface area contributed by atoms with Crippen molar-refractivity contribution in [2.75, 3.05) is 13.2 Å². The summed E-state index contributed by atoms with van der Waals surface area (Å²) >= 11 is 5.68. The summed E-state index contributed by atoms with van der Waals surface area (Å²) in [5.41, 5.74) is 0.725. The van der Waals surface area contributed by atoms with Crippen molar-refractivity contribution in [3.05, 3.63) is 31.8 Å². The summed E-state index contributed by atoms with van der Waals surface area (Å²) in [5.74, 6) is 0.0729. The molecule has 0 unspecified atom stereocenters. The molecule has 98 valence electrons. The number of morpholine rings is 1. The molecule has 2 atom stereocenters. The van der Waals surface area contributed by atoms with Crippen molar-refractivity contribution in [3.63, 3.8) is 0 Å². The molecule has 18 heavy (non-hydrogen) atoms. The highest BCUT2D eigenvalue weighted by Gasteiger charge is 2.31. The standard InChI is InChI=1S/C13H15BrINO2/c1-8-6-18-7-9(2)16(8)13(17)11-5-10(15)3-4-12(11)14/h3-5,8-9H,6-7H2,1-2H3/t8-,9-/m0/s1. The fraction of sp³-hybridized carbons (Fsp3) is 0.462. The van der Waals surface area contributed by atoms with Crippen LogP contribution in [0.1, 0.15) is 24.2 Å². The van der Waals surface area contributed by atoms with E-state index >= 15 is 0 Å². The predicted molar refractivity (Wildman–Crippen MR) is 82.8 cm³/mol. The molecule has 0 saturated carbocycles. The van der Waals surface area contributed by atoms with Gasteiger partial charge in [0.2, 0.25) is 0 Å². The lowest BCUT2D eigenvalue weighted by Gasteiger charge is -2.39. The van der Waals surface area contributed by atoms with Crippen molar-refractivity contribution in [1.82, 2.24) is 4.90 Å². The van der Waals surface area contributed by atoms with Gasteiger partial charge in [-0.05, 0) is 70.6 Å². The van der Waals surface area contributed by atoms with E-state index in [1.807, 2.05) is 36.9 Å². The van der Waals surface area contributed by atoms with Crippen molar-refractivity contribution >= 4 is 44.4 Å². The zero-order valence-corrected chi connectivity index (χ0v) is 14.1. The average molecular weight is 424 g/mol. The third-order valence-electron chi connectivity index (χ3n) is 3.06. The minimum Gasteiger partial charge on any atom is -0.377 e. The number of amides is 1. The van der Waals surface area contributed by atoms with E-state index in [0.29, 0.717) is 13.2 Å². The number of hydrogen-bond acceptors (Lipinski definition) is 2. The topological polar surface area (TPSA) is 29.5 Å². The van der Waals surface area contributed by atoms with Crippen molar-refractivity contribution < 1.29 is 9.53 Å². The Bertz CT molecular complexity index is 456. The largest absolute Gasteiger partial charge is 0.377 e. The van der Waals surface area contributed by atoms with E-state index in [1.54, 1.807) is 0 Å². The van der Waals surface area contributed by atoms with Gasteiger partial charge in [0.05, 0.1) is 30.9 Å². The monoisotopic (exact) mass is 423 g/mol. The van der Waals surface area contributed by atoms with Gasteiger partial charge in [0, 0.05) is 8.04 Å². The molecule has 1 aliphatic rings. The summed E-state index contributed by atoms with van der Waals surface area (Å²) in [6.45, 7) is 5.26. The van der Waals surface area contributed by atoms with Gasteiger partial charge < -0.3 is 9.64 Å². The summed E-state index contributed by atoms with van der Waals surface area (Å²) in [7, 11) is 0. The number of carbonyl (C=O) groups is 1. The number of benzene rings is 1. The van der Waals surface area contributed by atoms with Crippen LogP contribution in [-0.2, 0) is 4.74 Å². The van der Waals surface area contributed by atoms with Crippen molar-refractivity contribution in [1.29, 1.82) is 0 Å². The lowest BCUT2D eigenvalue weighted by atomic mass is 10.1. The number of carbonyl (C=O) groups excluding carboxylic acids is 1. The van der Waals surface area contributed by atoms with Gasteiger partial charge in [0.15, 0.2) is 0 Å². The Balaban J connectivity index is 2.32. The number of hydrogen-bond donors (Lipinski definition) is 0. The molecule has 2 rings (SSSR count). The van der Waals surface area contributed by atoms with Crippen LogP contribution >= 0.6 is 38.5 Å². The quantitative estimate of drug-likeness (QED) is 0.648. The second kappa shape index (κ2) is 5.88. The maximum Gasteiger partial charge on any atom is 0.255 e. The van der Waals surface area contributed by atoms with Crippen molar-refractivity contribution in [3.8, 4) is 0 Å². The van der Waals surface area contributed by atoms with Crippen LogP contribution in [-0.4, -0.2) is 36.1 Å². The van der Waals surface area contributed by atoms with Gasteiger partial charge in [-0.2, -0.15) is 0 Å². The molecular weight excluding hydrogens is 409 g/mol. The molecule has 5 heteroatoms. The molecule has 0 N–H and O–H groups in total. The first-order valence-corrected chi connectivity index (χ1v) is 7.73. The molecule has 1 heterocycles. The molecule has 0 aromatic heterocycles. The molecule has 0 aliphatic carbocycles. The normalized spacial score (nSPS) is 24.1.